The molecule has 2 rings (SSSR count). The number of nitrogens with zero attached hydrogens (tertiary/aromatic N) is 4. The molecule has 240 valence electrons. The zero-order valence-electron chi connectivity index (χ0n) is 24.7. The number of carboxylic acids is 3. The van der Waals surface area contributed by atoms with Crippen LogP contribution in [0.2, 0.25) is 0 Å². The third-order valence-electron chi connectivity index (χ3n) is 7.04. The van der Waals surface area contributed by atoms with E-state index in [2.05, 4.69) is 5.32 Å². The lowest BCUT2D eigenvalue weighted by molar-refractivity contribution is -0.140. The molecular formula is C28H44N6O9. The van der Waals surface area contributed by atoms with Gasteiger partial charge in [-0.2, -0.15) is 0 Å². The summed E-state index contributed by atoms with van der Waals surface area (Å²) in [7, 11) is 1.44. The van der Waals surface area contributed by atoms with E-state index in [-0.39, 0.29) is 51.0 Å². The van der Waals surface area contributed by atoms with Crippen LogP contribution in [0.1, 0.15) is 11.1 Å². The van der Waals surface area contributed by atoms with Crippen molar-refractivity contribution in [3.63, 3.8) is 0 Å². The lowest BCUT2D eigenvalue weighted by Crippen LogP contribution is -2.49. The number of hydrogen-bond donors (Lipinski definition) is 5. The molecule has 1 fully saturated rings. The number of methoxy groups -OCH3 is 1. The molecule has 0 bridgehead atoms. The molecule has 0 aliphatic carbocycles. The molecular weight excluding hydrogens is 564 g/mol. The van der Waals surface area contributed by atoms with Crippen LogP contribution in [-0.2, 0) is 41.7 Å². The van der Waals surface area contributed by atoms with Gasteiger partial charge in [0.05, 0.1) is 32.2 Å². The number of benzene rings is 1. The molecule has 15 heteroatoms. The number of nitrogens with two attached hydrogens (primary N) is 1. The van der Waals surface area contributed by atoms with Gasteiger partial charge in [0.25, 0.3) is 0 Å². The van der Waals surface area contributed by atoms with Crippen molar-refractivity contribution in [1.82, 2.24) is 24.9 Å². The number of ketones is 1. The molecule has 1 heterocycles. The molecule has 15 nitrogen and oxygen atoms in total. The van der Waals surface area contributed by atoms with E-state index < -0.39 is 23.9 Å². The number of carboxylic acid groups (broad SMARTS) is 3. The van der Waals surface area contributed by atoms with Gasteiger partial charge in [-0.3, -0.25) is 43.6 Å². The van der Waals surface area contributed by atoms with Gasteiger partial charge in [0.15, 0.2) is 5.78 Å². The number of Topliss-reactive ketones (excluding diaryl/α,β-unsaturated/α-hetero) is 1. The van der Waals surface area contributed by atoms with Crippen molar-refractivity contribution in [3.8, 4) is 0 Å². The lowest BCUT2D eigenvalue weighted by Gasteiger charge is -2.32. The molecule has 43 heavy (non-hydrogen) atoms. The number of carbonyl (C=O) groups excluding carboxylic acids is 2. The Kier molecular flexibility index (Phi) is 15.7. The maximum Gasteiger partial charge on any atom is 0.317 e. The zero-order chi connectivity index (χ0) is 31.8. The van der Waals surface area contributed by atoms with Crippen LogP contribution in [0.5, 0.6) is 0 Å². The molecule has 1 amide bonds. The first-order valence-corrected chi connectivity index (χ1v) is 14.1. The Hall–Kier alpha value is -3.47. The van der Waals surface area contributed by atoms with Crippen molar-refractivity contribution in [3.05, 3.63) is 35.4 Å². The molecule has 0 spiro atoms. The molecule has 0 saturated carbocycles. The normalized spacial score (nSPS) is 17.3. The van der Waals surface area contributed by atoms with Gasteiger partial charge in [-0.05, 0) is 17.5 Å². The maximum atomic E-state index is 12.9. The first-order valence-electron chi connectivity index (χ1n) is 14.1. The molecule has 1 atom stereocenters. The van der Waals surface area contributed by atoms with Gasteiger partial charge in [-0.25, -0.2) is 0 Å². The summed E-state index contributed by atoms with van der Waals surface area (Å²) in [6, 6.07) is 6.74. The van der Waals surface area contributed by atoms with Gasteiger partial charge < -0.3 is 31.1 Å². The predicted octanol–water partition coefficient (Wildman–Crippen LogP) is -2.14. The minimum absolute atomic E-state index is 0.0293. The number of hydrogen-bond acceptors (Lipinski definition) is 11. The van der Waals surface area contributed by atoms with Crippen LogP contribution >= 0.6 is 0 Å². The molecule has 0 aromatic heterocycles. The summed E-state index contributed by atoms with van der Waals surface area (Å²) in [5, 5.41) is 30.9. The van der Waals surface area contributed by atoms with E-state index in [1.54, 1.807) is 14.7 Å². The van der Waals surface area contributed by atoms with Crippen LogP contribution in [-0.4, -0.2) is 163 Å². The first-order chi connectivity index (χ1) is 20.4. The number of aliphatic carboxylic acids is 3. The van der Waals surface area contributed by atoms with Gasteiger partial charge in [0.2, 0.25) is 5.91 Å². The average molecular weight is 609 g/mol. The van der Waals surface area contributed by atoms with Crippen LogP contribution in [0.4, 0.5) is 0 Å². The fraction of sp³-hybridized carbons (Fsp3) is 0.607. The Morgan fingerprint density at radius 3 is 1.47 bits per heavy atom. The standard InChI is InChI=1S/C28H44N6O9/c1-43-20-24(35)23(29)14-21-2-4-22(5-3-21)15-30-25(36)16-31-6-8-32(17-26(37)38)10-12-34(19-28(41)42)13-11-33(9-7-31)18-27(39)40/h2-5,23H,6-20,29H2,1H3,(H,30,36)(H,37,38)(H,39,40)(H,41,42)/t23-/m1/s1. The highest BCUT2D eigenvalue weighted by Gasteiger charge is 2.21. The molecule has 1 aromatic rings. The van der Waals surface area contributed by atoms with Gasteiger partial charge in [0.1, 0.15) is 6.61 Å². The molecule has 1 saturated heterocycles. The van der Waals surface area contributed by atoms with E-state index in [1.807, 2.05) is 29.2 Å². The van der Waals surface area contributed by atoms with Crippen molar-refractivity contribution in [2.24, 2.45) is 5.73 Å². The highest BCUT2D eigenvalue weighted by atomic mass is 16.5. The maximum absolute atomic E-state index is 12.9. The number of nitrogens with one attached hydrogen (secondary N) is 1. The smallest absolute Gasteiger partial charge is 0.317 e. The topological polar surface area (TPSA) is 206 Å². The Bertz CT molecular complexity index is 1040. The minimum Gasteiger partial charge on any atom is -0.480 e. The van der Waals surface area contributed by atoms with Crippen molar-refractivity contribution in [2.45, 2.75) is 19.0 Å². The number of amides is 1. The Labute approximate surface area is 251 Å². The monoisotopic (exact) mass is 608 g/mol. The quantitative estimate of drug-likeness (QED) is 0.144. The Morgan fingerprint density at radius 1 is 0.721 bits per heavy atom. The van der Waals surface area contributed by atoms with Crippen LogP contribution < -0.4 is 11.1 Å². The molecule has 1 aromatic carbocycles. The van der Waals surface area contributed by atoms with E-state index in [1.165, 1.54) is 7.11 Å². The molecule has 0 unspecified atom stereocenters. The highest BCUT2D eigenvalue weighted by molar-refractivity contribution is 5.85. The largest absolute Gasteiger partial charge is 0.480 e. The van der Waals surface area contributed by atoms with Gasteiger partial charge in [0, 0.05) is 66.0 Å². The summed E-state index contributed by atoms with van der Waals surface area (Å²) in [4.78, 5) is 65.9. The summed E-state index contributed by atoms with van der Waals surface area (Å²) >= 11 is 0. The fourth-order valence-corrected chi connectivity index (χ4v) is 4.65. The summed E-state index contributed by atoms with van der Waals surface area (Å²) < 4.78 is 4.84. The molecule has 1 aliphatic heterocycles. The van der Waals surface area contributed by atoms with Crippen LogP contribution in [0.15, 0.2) is 24.3 Å². The lowest BCUT2D eigenvalue weighted by atomic mass is 10.0. The highest BCUT2D eigenvalue weighted by Crippen LogP contribution is 2.08. The second kappa shape index (κ2) is 18.9. The summed E-state index contributed by atoms with van der Waals surface area (Å²) in [5.41, 5.74) is 7.66. The van der Waals surface area contributed by atoms with E-state index in [4.69, 9.17) is 10.5 Å². The third kappa shape index (κ3) is 15.0. The van der Waals surface area contributed by atoms with Crippen molar-refractivity contribution in [1.29, 1.82) is 0 Å². The van der Waals surface area contributed by atoms with E-state index in [9.17, 15) is 39.3 Å². The molecule has 6 N–H and O–H groups in total. The molecule has 0 radical (unpaired) electrons. The summed E-state index contributed by atoms with van der Waals surface area (Å²) in [6.45, 7) is 2.16. The van der Waals surface area contributed by atoms with Gasteiger partial charge >= 0.3 is 17.9 Å². The second-order valence-electron chi connectivity index (χ2n) is 10.6. The van der Waals surface area contributed by atoms with E-state index in [0.29, 0.717) is 58.8 Å². The summed E-state index contributed by atoms with van der Waals surface area (Å²) in [5.74, 6) is -3.47. The first kappa shape index (κ1) is 35.7. The Balaban J connectivity index is 2.01. The van der Waals surface area contributed by atoms with Crippen molar-refractivity contribution >= 4 is 29.6 Å². The Morgan fingerprint density at radius 2 is 1.09 bits per heavy atom. The van der Waals surface area contributed by atoms with Gasteiger partial charge in [-0.1, -0.05) is 24.3 Å². The zero-order valence-corrected chi connectivity index (χ0v) is 24.7. The summed E-state index contributed by atoms with van der Waals surface area (Å²) in [6.07, 6.45) is 0.374. The van der Waals surface area contributed by atoms with Crippen molar-refractivity contribution < 1.29 is 44.0 Å². The van der Waals surface area contributed by atoms with Crippen LogP contribution in [0.25, 0.3) is 0 Å². The van der Waals surface area contributed by atoms with E-state index in [0.717, 1.165) is 11.1 Å². The minimum atomic E-state index is -1.02. The van der Waals surface area contributed by atoms with Crippen LogP contribution in [0, 0.1) is 0 Å². The number of ether oxygens (including phenoxy) is 1. The third-order valence-corrected chi connectivity index (χ3v) is 7.04. The second-order valence-corrected chi connectivity index (χ2v) is 10.6. The van der Waals surface area contributed by atoms with E-state index >= 15 is 0 Å². The van der Waals surface area contributed by atoms with Crippen LogP contribution in [0.3, 0.4) is 0 Å². The number of rotatable bonds is 15. The van der Waals surface area contributed by atoms with Gasteiger partial charge in [-0.15, -0.1) is 0 Å². The predicted molar refractivity (Wildman–Crippen MR) is 156 cm³/mol. The SMILES string of the molecule is COCC(=O)[C@H](N)Cc1ccc(CNC(=O)CN2CCN(CC(=O)O)CCN(CC(=O)O)CCN(CC(=O)O)CC2)cc1. The molecule has 1 aliphatic rings. The fourth-order valence-electron chi connectivity index (χ4n) is 4.65. The number of carbonyl (C=O) groups is 5. The average Bonchev–Trinajstić information content (AvgIpc) is 2.93. The van der Waals surface area contributed by atoms with Crippen molar-refractivity contribution in [2.75, 3.05) is 92.3 Å².